The number of carboxylic acids is 1. The van der Waals surface area contributed by atoms with E-state index in [0.29, 0.717) is 99.0 Å². The third-order valence-electron chi connectivity index (χ3n) is 22.5. The van der Waals surface area contributed by atoms with Crippen molar-refractivity contribution in [3.63, 3.8) is 0 Å². The number of esters is 2. The number of nitrogens with two attached hydrogens (primary N) is 2. The Hall–Kier alpha value is -12.2. The first-order valence-corrected chi connectivity index (χ1v) is 38.6. The summed E-state index contributed by atoms with van der Waals surface area (Å²) in [7, 11) is 2.71. The summed E-state index contributed by atoms with van der Waals surface area (Å²) in [5.41, 5.74) is 25.5. The highest BCUT2D eigenvalue weighted by Gasteiger charge is 2.48. The second kappa shape index (κ2) is 40.7. The number of carbonyl (C=O) groups excluding carboxylic acids is 3. The van der Waals surface area contributed by atoms with Gasteiger partial charge in [0.2, 0.25) is 0 Å². The molecule has 3 fully saturated rings. The van der Waals surface area contributed by atoms with Gasteiger partial charge in [-0.15, -0.1) is 24.8 Å². The van der Waals surface area contributed by atoms with Crippen LogP contribution in [0.3, 0.4) is 0 Å². The number of hydrogen-bond donors (Lipinski definition) is 5. The number of carboxylic acid groups (broad SMARTS) is 1. The molecule has 8 aliphatic rings. The van der Waals surface area contributed by atoms with Crippen LogP contribution in [0.15, 0.2) is 149 Å². The number of pyridine rings is 3. The van der Waals surface area contributed by atoms with Gasteiger partial charge >= 0.3 is 17.9 Å². The molecule has 0 radical (unpaired) electrons. The molecule has 598 valence electrons. The molecule has 5 heterocycles. The maximum atomic E-state index is 12.5. The lowest BCUT2D eigenvalue weighted by Crippen LogP contribution is -2.40. The van der Waals surface area contributed by atoms with E-state index >= 15 is 0 Å². The number of aromatic carboxylic acids is 1. The van der Waals surface area contributed by atoms with Crippen LogP contribution in [0.5, 0.6) is 0 Å². The van der Waals surface area contributed by atoms with Gasteiger partial charge in [0, 0.05) is 39.9 Å². The molecule has 5 aromatic carbocycles. The number of ketones is 1. The van der Waals surface area contributed by atoms with Crippen molar-refractivity contribution in [1.29, 1.82) is 0 Å². The van der Waals surface area contributed by atoms with E-state index in [1.54, 1.807) is 55.5 Å². The van der Waals surface area contributed by atoms with Crippen molar-refractivity contribution in [2.24, 2.45) is 51.5 Å². The fourth-order valence-corrected chi connectivity index (χ4v) is 16.7. The van der Waals surface area contributed by atoms with Gasteiger partial charge in [0.05, 0.1) is 99.0 Å². The molecule has 4 unspecified atom stereocenters. The van der Waals surface area contributed by atoms with Crippen LogP contribution in [-0.4, -0.2) is 81.5 Å². The average Bonchev–Trinajstić information content (AvgIpc) is 1.60. The van der Waals surface area contributed by atoms with E-state index in [-0.39, 0.29) is 47.8 Å². The number of Topliss-reactive ketones (excluding diaryl/α,β-unsaturated/α-hetero) is 1. The molecule has 4 atom stereocenters. The zero-order valence-electron chi connectivity index (χ0n) is 66.1. The molecular weight excluding hydrogens is 1510 g/mol. The summed E-state index contributed by atoms with van der Waals surface area (Å²) >= 11 is 0. The van der Waals surface area contributed by atoms with Gasteiger partial charge in [-0.05, 0) is 260 Å². The van der Waals surface area contributed by atoms with E-state index in [1.807, 2.05) is 76.2 Å². The number of fused-ring (bicyclic) bond motifs is 7. The smallest absolute Gasteiger partial charge is 0.356 e. The number of hydrogen-bond acceptors (Lipinski definition) is 17. The maximum Gasteiger partial charge on any atom is 0.356 e. The number of aromatic nitrogens is 3. The highest BCUT2D eigenvalue weighted by Crippen LogP contribution is 2.48. The summed E-state index contributed by atoms with van der Waals surface area (Å²) in [6.07, 6.45) is 22.1. The van der Waals surface area contributed by atoms with Crippen molar-refractivity contribution in [3.8, 4) is 0 Å². The van der Waals surface area contributed by atoms with Gasteiger partial charge in [-0.25, -0.2) is 58.0 Å². The van der Waals surface area contributed by atoms with Crippen molar-refractivity contribution < 1.29 is 38.1 Å². The highest BCUT2D eigenvalue weighted by molar-refractivity contribution is 6.11. The summed E-state index contributed by atoms with van der Waals surface area (Å²) < 4.78 is 21.9. The first kappa shape index (κ1) is 87.8. The fourth-order valence-electron chi connectivity index (χ4n) is 16.7. The summed E-state index contributed by atoms with van der Waals surface area (Å²) in [6, 6.07) is 38.0. The standard InChI is InChI=1S/C25H26N4O2.C24H24N4O2.C17H19NO3.C8H6FN.2C8H9N3.2ClH/c1-15-14-17(8-11-20(15)26-2)29-24(16-6-4-5-7-16)19-10-12-21-18(23(19)28-29)9-13-22(27-21)25(30)31-3;1-14-13-16(7-10-19(14)25-2)28-23(15-5-3-4-6-15)18-9-11-20-17(22(18)27-28)8-12-21(26-20)24(29)30;1-21-17(20)15-9-7-13-14(18-15)8-6-12(16(13)19)10-11-4-2-3-5-11;1-6-5-7(9)3-4-8(6)10-2;2*1-6-5-7(11-9)3-4-8(6)10-2;;/h8-9,11,13-14,16,19,24H,4-7,10,12H2,1,3H3;7-8,10,12-13,15,18,23H,3-6,9,11H2,1H3,(H,29,30);7,9-11H,2-6,8H2,1H3;3-5H,1H3;2*3-5,11H,9H2,1H3;2*1H/b;;12-10+;;;;;. The molecule has 2 aliphatic heterocycles. The average molecular weight is 1600 g/mol. The van der Waals surface area contributed by atoms with Crippen LogP contribution in [0.25, 0.3) is 24.2 Å². The van der Waals surface area contributed by atoms with Gasteiger partial charge in [0.1, 0.15) is 22.9 Å². The minimum Gasteiger partial charge on any atom is -0.477 e. The van der Waals surface area contributed by atoms with E-state index in [9.17, 15) is 28.7 Å². The number of rotatable bonds is 10. The Kier molecular flexibility index (Phi) is 30.8. The number of hydrazone groups is 2. The van der Waals surface area contributed by atoms with Crippen LogP contribution in [-0.2, 0) is 28.7 Å². The van der Waals surface area contributed by atoms with Crippen LogP contribution in [0.1, 0.15) is 194 Å². The van der Waals surface area contributed by atoms with Gasteiger partial charge in [0.25, 0.3) is 0 Å². The molecule has 23 nitrogen and oxygen atoms in total. The predicted molar refractivity (Wildman–Crippen MR) is 455 cm³/mol. The summed E-state index contributed by atoms with van der Waals surface area (Å²) in [4.78, 5) is 77.6. The Morgan fingerprint density at radius 1 is 0.474 bits per heavy atom. The van der Waals surface area contributed by atoms with Gasteiger partial charge in [0.15, 0.2) is 34.2 Å². The number of anilines is 4. The summed E-state index contributed by atoms with van der Waals surface area (Å²) in [5.74, 6) is 10.8. The summed E-state index contributed by atoms with van der Waals surface area (Å²) in [5, 5.41) is 24.0. The second-order valence-electron chi connectivity index (χ2n) is 29.7. The van der Waals surface area contributed by atoms with E-state index in [1.165, 1.54) is 109 Å². The molecule has 8 aromatic rings. The zero-order valence-corrected chi connectivity index (χ0v) is 67.7. The third-order valence-corrected chi connectivity index (χ3v) is 22.5. The fraction of sp³-hybridized carbons (Fsp3) is 0.356. The van der Waals surface area contributed by atoms with Crippen LogP contribution in [0.2, 0.25) is 0 Å². The number of ether oxygens (including phenoxy) is 2. The van der Waals surface area contributed by atoms with Gasteiger partial charge in [-0.3, -0.25) is 26.5 Å². The van der Waals surface area contributed by atoms with E-state index < -0.39 is 17.9 Å². The molecule has 116 heavy (non-hydrogen) atoms. The predicted octanol–water partition coefficient (Wildman–Crippen LogP) is 20.4. The summed E-state index contributed by atoms with van der Waals surface area (Å²) in [6.45, 7) is 44.4. The monoisotopic (exact) mass is 1600 g/mol. The van der Waals surface area contributed by atoms with Gasteiger partial charge in [-0.2, -0.15) is 10.2 Å². The largest absolute Gasteiger partial charge is 0.477 e. The molecule has 7 N–H and O–H groups in total. The Bertz CT molecular complexity index is 5240. The molecule has 0 bridgehead atoms. The number of methoxy groups -OCH3 is 2. The maximum absolute atomic E-state index is 12.5. The normalized spacial score (nSPS) is 18.1. The molecule has 3 saturated carbocycles. The van der Waals surface area contributed by atoms with Crippen molar-refractivity contribution in [2.45, 2.75) is 162 Å². The molecule has 0 spiro atoms. The van der Waals surface area contributed by atoms with Crippen LogP contribution < -0.4 is 32.6 Å². The van der Waals surface area contributed by atoms with Gasteiger partial charge < -0.3 is 25.4 Å². The number of nitrogen functional groups attached to an aromatic ring is 2. The number of allylic oxidation sites excluding steroid dienone is 2. The lowest BCUT2D eigenvalue weighted by molar-refractivity contribution is 0.0585. The Morgan fingerprint density at radius 2 is 0.836 bits per heavy atom. The number of benzene rings is 5. The Morgan fingerprint density at radius 3 is 1.22 bits per heavy atom. The minimum atomic E-state index is -0.992. The number of hydrazine groups is 2. The van der Waals surface area contributed by atoms with Crippen LogP contribution >= 0.6 is 24.8 Å². The van der Waals surface area contributed by atoms with Crippen LogP contribution in [0.4, 0.5) is 55.6 Å². The number of nitrogens with one attached hydrogen (secondary N) is 2. The molecule has 0 amide bonds. The lowest BCUT2D eigenvalue weighted by atomic mass is 9.76. The molecule has 6 aliphatic carbocycles. The second-order valence-corrected chi connectivity index (χ2v) is 29.7. The Labute approximate surface area is 689 Å². The zero-order chi connectivity index (χ0) is 81.3. The topological polar surface area (TPSA) is 275 Å². The van der Waals surface area contributed by atoms with E-state index in [2.05, 4.69) is 83.0 Å². The molecule has 3 aromatic heterocycles. The Balaban J connectivity index is 0.000000168. The van der Waals surface area contributed by atoms with Crippen molar-refractivity contribution >= 4 is 111 Å². The molecule has 0 saturated heterocycles. The highest BCUT2D eigenvalue weighted by atomic mass is 35.5. The SMILES string of the molecule is COC(=O)c1ccc2c(n1)CC/C(=C\C1CCCC1)C2=O.Cl.Cl.[C-]#[N+]c1ccc(F)cc1C.[C-]#[N+]c1ccc(N2N=C3c4ccc(C(=O)O)nc4CCC3C2C2CCCC2)cc1C.[C-]#[N+]c1ccc(N2N=C3c4ccc(C(=O)OC)nc4CCC3C2C2CCCC2)cc1C.[C-]#[N+]c1ccc(NN)cc1C.[C-]#[N+]c1ccc(NN)cc1C. The van der Waals surface area contributed by atoms with Crippen molar-refractivity contribution in [1.82, 2.24) is 15.0 Å². The number of nitrogens with zero attached hydrogens (tertiary/aromatic N) is 12. The van der Waals surface area contributed by atoms with Crippen LogP contribution in [0, 0.1) is 103 Å². The number of carbonyl (C=O) groups is 4. The minimum absolute atomic E-state index is 0. The van der Waals surface area contributed by atoms with E-state index in [4.69, 9.17) is 59.5 Å². The lowest BCUT2D eigenvalue weighted by Gasteiger charge is -2.34. The molecular formula is C90H95Cl2FN16O7. The van der Waals surface area contributed by atoms with Crippen molar-refractivity contribution in [2.75, 3.05) is 35.1 Å². The third kappa shape index (κ3) is 20.3. The molecule has 16 rings (SSSR count). The molecule has 26 heteroatoms. The first-order valence-electron chi connectivity index (χ1n) is 38.6. The number of halogens is 3. The quantitative estimate of drug-likeness (QED) is 0.0280. The first-order chi connectivity index (χ1) is 55.1. The van der Waals surface area contributed by atoms with Crippen molar-refractivity contribution in [3.05, 3.63) is 281 Å². The van der Waals surface area contributed by atoms with Gasteiger partial charge in [-0.1, -0.05) is 74.9 Å². The van der Waals surface area contributed by atoms with E-state index in [0.717, 1.165) is 117 Å². The number of aryl methyl sites for hydroxylation is 8.